The number of benzene rings is 1. The number of hydrogen-bond acceptors (Lipinski definition) is 2. The van der Waals surface area contributed by atoms with Gasteiger partial charge in [0.1, 0.15) is 5.82 Å². The third kappa shape index (κ3) is 2.99. The second kappa shape index (κ2) is 5.83. The zero-order chi connectivity index (χ0) is 13.0. The van der Waals surface area contributed by atoms with E-state index in [1.54, 1.807) is 0 Å². The summed E-state index contributed by atoms with van der Waals surface area (Å²) in [6.07, 6.45) is 5.77. The zero-order valence-electron chi connectivity index (χ0n) is 11.1. The Bertz CT molecular complexity index is 485. The van der Waals surface area contributed by atoms with Gasteiger partial charge in [-0.15, -0.1) is 0 Å². The van der Waals surface area contributed by atoms with E-state index in [-0.39, 0.29) is 6.04 Å². The minimum atomic E-state index is -0.0331. The average molecular weight is 243 g/mol. The van der Waals surface area contributed by atoms with Crippen molar-refractivity contribution in [2.45, 2.75) is 39.3 Å². The Morgan fingerprint density at radius 3 is 2.67 bits per heavy atom. The molecule has 0 aliphatic heterocycles. The molecule has 2 N–H and O–H groups in total. The summed E-state index contributed by atoms with van der Waals surface area (Å²) < 4.78 is 2.15. The van der Waals surface area contributed by atoms with E-state index in [0.29, 0.717) is 0 Å². The summed E-state index contributed by atoms with van der Waals surface area (Å²) in [6.45, 7) is 5.24. The van der Waals surface area contributed by atoms with Gasteiger partial charge in [0.25, 0.3) is 0 Å². The molecule has 0 spiro atoms. The van der Waals surface area contributed by atoms with Crippen LogP contribution in [0.3, 0.4) is 0 Å². The quantitative estimate of drug-likeness (QED) is 0.877. The van der Waals surface area contributed by atoms with Gasteiger partial charge in [-0.1, -0.05) is 36.8 Å². The van der Waals surface area contributed by atoms with Crippen molar-refractivity contribution in [2.75, 3.05) is 0 Å². The molecule has 0 bridgehead atoms. The third-order valence-corrected chi connectivity index (χ3v) is 3.12. The predicted octanol–water partition coefficient (Wildman–Crippen LogP) is 2.84. The lowest BCUT2D eigenvalue weighted by atomic mass is 10.0. The van der Waals surface area contributed by atoms with Crippen molar-refractivity contribution < 1.29 is 0 Å². The number of aromatic nitrogens is 2. The SMILES string of the molecule is CCCn1ccnc1C(N)Cc1ccc(C)cc1. The minimum absolute atomic E-state index is 0.0331. The summed E-state index contributed by atoms with van der Waals surface area (Å²) in [5, 5.41) is 0. The van der Waals surface area contributed by atoms with E-state index in [1.807, 2.05) is 12.4 Å². The molecule has 0 saturated carbocycles. The van der Waals surface area contributed by atoms with Crippen LogP contribution in [-0.2, 0) is 13.0 Å². The van der Waals surface area contributed by atoms with E-state index in [1.165, 1.54) is 11.1 Å². The fourth-order valence-corrected chi connectivity index (χ4v) is 2.15. The highest BCUT2D eigenvalue weighted by Crippen LogP contribution is 2.15. The topological polar surface area (TPSA) is 43.8 Å². The lowest BCUT2D eigenvalue weighted by Gasteiger charge is -2.14. The molecule has 0 radical (unpaired) electrons. The summed E-state index contributed by atoms with van der Waals surface area (Å²) in [6, 6.07) is 8.50. The number of nitrogens with two attached hydrogens (primary N) is 1. The molecule has 0 fully saturated rings. The van der Waals surface area contributed by atoms with Crippen LogP contribution in [0.15, 0.2) is 36.7 Å². The maximum atomic E-state index is 6.26. The Balaban J connectivity index is 2.09. The van der Waals surface area contributed by atoms with Crippen LogP contribution >= 0.6 is 0 Å². The van der Waals surface area contributed by atoms with Crippen molar-refractivity contribution in [3.63, 3.8) is 0 Å². The van der Waals surface area contributed by atoms with Crippen LogP contribution in [0.2, 0.25) is 0 Å². The first-order valence-electron chi connectivity index (χ1n) is 6.53. The van der Waals surface area contributed by atoms with Crippen LogP contribution in [0.1, 0.15) is 36.3 Å². The molecule has 0 saturated heterocycles. The lowest BCUT2D eigenvalue weighted by Crippen LogP contribution is -2.19. The Labute approximate surface area is 109 Å². The number of imidazole rings is 1. The highest BCUT2D eigenvalue weighted by Gasteiger charge is 2.12. The molecule has 0 amide bonds. The number of rotatable bonds is 5. The van der Waals surface area contributed by atoms with Crippen molar-refractivity contribution in [3.05, 3.63) is 53.6 Å². The van der Waals surface area contributed by atoms with Crippen LogP contribution in [-0.4, -0.2) is 9.55 Å². The van der Waals surface area contributed by atoms with Gasteiger partial charge in [0.15, 0.2) is 0 Å². The van der Waals surface area contributed by atoms with Crippen LogP contribution in [0.5, 0.6) is 0 Å². The van der Waals surface area contributed by atoms with Crippen molar-refractivity contribution >= 4 is 0 Å². The molecule has 1 atom stereocenters. The molecular formula is C15H21N3. The molecule has 3 heteroatoms. The maximum absolute atomic E-state index is 6.26. The summed E-state index contributed by atoms with van der Waals surface area (Å²) in [4.78, 5) is 4.39. The second-order valence-electron chi connectivity index (χ2n) is 4.78. The lowest BCUT2D eigenvalue weighted by molar-refractivity contribution is 0.574. The normalized spacial score (nSPS) is 12.6. The van der Waals surface area contributed by atoms with E-state index in [9.17, 15) is 0 Å². The Kier molecular flexibility index (Phi) is 4.15. The summed E-state index contributed by atoms with van der Waals surface area (Å²) in [7, 11) is 0. The van der Waals surface area contributed by atoms with E-state index in [2.05, 4.69) is 47.7 Å². The highest BCUT2D eigenvalue weighted by molar-refractivity contribution is 5.22. The smallest absolute Gasteiger partial charge is 0.125 e. The van der Waals surface area contributed by atoms with E-state index in [0.717, 1.165) is 25.2 Å². The molecule has 0 aliphatic rings. The zero-order valence-corrected chi connectivity index (χ0v) is 11.1. The number of hydrogen-bond donors (Lipinski definition) is 1. The van der Waals surface area contributed by atoms with Gasteiger partial charge >= 0.3 is 0 Å². The van der Waals surface area contributed by atoms with Crippen molar-refractivity contribution in [3.8, 4) is 0 Å². The summed E-state index contributed by atoms with van der Waals surface area (Å²) in [5.74, 6) is 0.984. The molecule has 18 heavy (non-hydrogen) atoms. The fourth-order valence-electron chi connectivity index (χ4n) is 2.15. The first-order chi connectivity index (χ1) is 8.70. The molecule has 2 rings (SSSR count). The fraction of sp³-hybridized carbons (Fsp3) is 0.400. The van der Waals surface area contributed by atoms with Crippen LogP contribution in [0.4, 0.5) is 0 Å². The second-order valence-corrected chi connectivity index (χ2v) is 4.78. The van der Waals surface area contributed by atoms with Gasteiger partial charge in [0, 0.05) is 18.9 Å². The third-order valence-electron chi connectivity index (χ3n) is 3.12. The van der Waals surface area contributed by atoms with Crippen LogP contribution in [0, 0.1) is 6.92 Å². The Morgan fingerprint density at radius 1 is 1.28 bits per heavy atom. The molecule has 1 aromatic heterocycles. The standard InChI is InChI=1S/C15H21N3/c1-3-9-18-10-8-17-15(18)14(16)11-13-6-4-12(2)5-7-13/h4-8,10,14H,3,9,11,16H2,1-2H3. The molecule has 96 valence electrons. The van der Waals surface area contributed by atoms with Gasteiger partial charge in [0.2, 0.25) is 0 Å². The molecule has 0 aliphatic carbocycles. The van der Waals surface area contributed by atoms with Gasteiger partial charge in [-0.25, -0.2) is 4.98 Å². The molecule has 2 aromatic rings. The summed E-state index contributed by atoms with van der Waals surface area (Å²) in [5.41, 5.74) is 8.80. The molecule has 3 nitrogen and oxygen atoms in total. The van der Waals surface area contributed by atoms with Gasteiger partial charge in [-0.2, -0.15) is 0 Å². The molecular weight excluding hydrogens is 222 g/mol. The first-order valence-corrected chi connectivity index (χ1v) is 6.53. The average Bonchev–Trinajstić information content (AvgIpc) is 2.81. The van der Waals surface area contributed by atoms with E-state index >= 15 is 0 Å². The van der Waals surface area contributed by atoms with Crippen molar-refractivity contribution in [1.29, 1.82) is 0 Å². The van der Waals surface area contributed by atoms with Crippen molar-refractivity contribution in [1.82, 2.24) is 9.55 Å². The Hall–Kier alpha value is -1.61. The van der Waals surface area contributed by atoms with Gasteiger partial charge in [0.05, 0.1) is 6.04 Å². The van der Waals surface area contributed by atoms with Gasteiger partial charge < -0.3 is 10.3 Å². The van der Waals surface area contributed by atoms with Crippen LogP contribution in [0.25, 0.3) is 0 Å². The predicted molar refractivity (Wildman–Crippen MR) is 74.3 cm³/mol. The van der Waals surface area contributed by atoms with E-state index < -0.39 is 0 Å². The largest absolute Gasteiger partial charge is 0.334 e. The first kappa shape index (κ1) is 12.8. The molecule has 1 unspecified atom stereocenters. The maximum Gasteiger partial charge on any atom is 0.125 e. The molecule has 1 heterocycles. The minimum Gasteiger partial charge on any atom is -0.334 e. The monoisotopic (exact) mass is 243 g/mol. The number of nitrogens with zero attached hydrogens (tertiary/aromatic N) is 2. The van der Waals surface area contributed by atoms with Gasteiger partial charge in [-0.3, -0.25) is 0 Å². The molecule has 1 aromatic carbocycles. The number of aryl methyl sites for hydroxylation is 2. The van der Waals surface area contributed by atoms with Crippen molar-refractivity contribution in [2.24, 2.45) is 5.73 Å². The van der Waals surface area contributed by atoms with Crippen LogP contribution < -0.4 is 5.73 Å². The van der Waals surface area contributed by atoms with Gasteiger partial charge in [-0.05, 0) is 25.3 Å². The highest BCUT2D eigenvalue weighted by atomic mass is 15.1. The Morgan fingerprint density at radius 2 is 2.00 bits per heavy atom. The summed E-state index contributed by atoms with van der Waals surface area (Å²) >= 11 is 0. The van der Waals surface area contributed by atoms with E-state index in [4.69, 9.17) is 5.73 Å².